The number of halogens is 1. The van der Waals surface area contributed by atoms with E-state index in [0.29, 0.717) is 11.8 Å². The SMILES string of the molecule is C/C=C(/I)CN(Cc1ccccc1)C1CCC(=O)CC1. The van der Waals surface area contributed by atoms with Crippen molar-refractivity contribution in [2.45, 2.75) is 45.2 Å². The van der Waals surface area contributed by atoms with E-state index in [0.717, 1.165) is 38.8 Å². The van der Waals surface area contributed by atoms with Crippen molar-refractivity contribution in [3.8, 4) is 0 Å². The van der Waals surface area contributed by atoms with Gasteiger partial charge in [0, 0.05) is 35.6 Å². The molecule has 1 aliphatic carbocycles. The first kappa shape index (κ1) is 15.7. The summed E-state index contributed by atoms with van der Waals surface area (Å²) in [4.78, 5) is 14.0. The zero-order chi connectivity index (χ0) is 14.4. The summed E-state index contributed by atoms with van der Waals surface area (Å²) in [5.41, 5.74) is 1.35. The molecule has 20 heavy (non-hydrogen) atoms. The van der Waals surface area contributed by atoms with Crippen molar-refractivity contribution in [3.05, 3.63) is 45.6 Å². The Balaban J connectivity index is 2.06. The standard InChI is InChI=1S/C17H22INO/c1-2-15(18)13-19(12-14-6-4-3-5-7-14)16-8-10-17(20)11-9-16/h2-7,16H,8-13H2,1H3/b15-2+. The molecule has 108 valence electrons. The molecule has 1 aromatic rings. The van der Waals surface area contributed by atoms with Gasteiger partial charge in [0.1, 0.15) is 5.78 Å². The van der Waals surface area contributed by atoms with Gasteiger partial charge in [0.05, 0.1) is 0 Å². The quantitative estimate of drug-likeness (QED) is 0.706. The van der Waals surface area contributed by atoms with Crippen LogP contribution in [0.2, 0.25) is 0 Å². The first-order valence-corrected chi connectivity index (χ1v) is 8.37. The van der Waals surface area contributed by atoms with E-state index in [2.05, 4.69) is 70.8 Å². The summed E-state index contributed by atoms with van der Waals surface area (Å²) in [7, 11) is 0. The number of ketones is 1. The Morgan fingerprint density at radius 1 is 1.30 bits per heavy atom. The van der Waals surface area contributed by atoms with E-state index >= 15 is 0 Å². The summed E-state index contributed by atoms with van der Waals surface area (Å²) >= 11 is 2.42. The van der Waals surface area contributed by atoms with Crippen LogP contribution in [-0.4, -0.2) is 23.3 Å². The minimum atomic E-state index is 0.432. The maximum atomic E-state index is 11.4. The molecule has 0 amide bonds. The number of allylic oxidation sites excluding steroid dienone is 1. The van der Waals surface area contributed by atoms with Crippen molar-refractivity contribution < 1.29 is 4.79 Å². The van der Waals surface area contributed by atoms with E-state index in [1.54, 1.807) is 0 Å². The highest BCUT2D eigenvalue weighted by Crippen LogP contribution is 2.24. The van der Waals surface area contributed by atoms with Crippen LogP contribution in [0.3, 0.4) is 0 Å². The highest BCUT2D eigenvalue weighted by atomic mass is 127. The number of nitrogens with zero attached hydrogens (tertiary/aromatic N) is 1. The van der Waals surface area contributed by atoms with E-state index < -0.39 is 0 Å². The third-order valence-electron chi connectivity index (χ3n) is 3.93. The number of carbonyl (C=O) groups excluding carboxylic acids is 1. The van der Waals surface area contributed by atoms with Crippen LogP contribution in [-0.2, 0) is 11.3 Å². The molecule has 0 unspecified atom stereocenters. The maximum absolute atomic E-state index is 11.4. The van der Waals surface area contributed by atoms with Gasteiger partial charge in [0.15, 0.2) is 0 Å². The molecule has 2 rings (SSSR count). The van der Waals surface area contributed by atoms with Crippen LogP contribution in [0.5, 0.6) is 0 Å². The molecule has 0 radical (unpaired) electrons. The van der Waals surface area contributed by atoms with Crippen LogP contribution in [0, 0.1) is 0 Å². The minimum absolute atomic E-state index is 0.432. The van der Waals surface area contributed by atoms with Crippen molar-refractivity contribution in [1.82, 2.24) is 4.90 Å². The van der Waals surface area contributed by atoms with E-state index in [9.17, 15) is 4.79 Å². The molecule has 2 nitrogen and oxygen atoms in total. The Hall–Kier alpha value is -0.680. The van der Waals surface area contributed by atoms with Crippen LogP contribution in [0.4, 0.5) is 0 Å². The molecule has 3 heteroatoms. The smallest absolute Gasteiger partial charge is 0.133 e. The Kier molecular flexibility index (Phi) is 6.23. The molecule has 0 spiro atoms. The van der Waals surface area contributed by atoms with Crippen molar-refractivity contribution in [1.29, 1.82) is 0 Å². The molecule has 0 atom stereocenters. The molecule has 0 heterocycles. The molecule has 0 saturated heterocycles. The van der Waals surface area contributed by atoms with Gasteiger partial charge in [-0.3, -0.25) is 9.69 Å². The van der Waals surface area contributed by atoms with Crippen molar-refractivity contribution in [2.75, 3.05) is 6.54 Å². The van der Waals surface area contributed by atoms with Gasteiger partial charge in [-0.15, -0.1) is 0 Å². The maximum Gasteiger partial charge on any atom is 0.133 e. The van der Waals surface area contributed by atoms with Gasteiger partial charge in [-0.25, -0.2) is 0 Å². The zero-order valence-corrected chi connectivity index (χ0v) is 14.2. The summed E-state index contributed by atoms with van der Waals surface area (Å²) in [6.45, 7) is 4.05. The van der Waals surface area contributed by atoms with Gasteiger partial charge in [-0.05, 0) is 47.9 Å². The summed E-state index contributed by atoms with van der Waals surface area (Å²) in [6.07, 6.45) is 5.70. The number of rotatable bonds is 5. The molecule has 0 N–H and O–H groups in total. The zero-order valence-electron chi connectivity index (χ0n) is 12.0. The van der Waals surface area contributed by atoms with Crippen LogP contribution in [0.25, 0.3) is 0 Å². The lowest BCUT2D eigenvalue weighted by molar-refractivity contribution is -0.121. The Labute approximate surface area is 135 Å². The molecular weight excluding hydrogens is 361 g/mol. The van der Waals surface area contributed by atoms with Gasteiger partial charge in [-0.1, -0.05) is 36.4 Å². The van der Waals surface area contributed by atoms with Crippen LogP contribution < -0.4 is 0 Å². The number of benzene rings is 1. The van der Waals surface area contributed by atoms with Gasteiger partial charge < -0.3 is 0 Å². The second-order valence-corrected chi connectivity index (χ2v) is 6.78. The Morgan fingerprint density at radius 2 is 1.95 bits per heavy atom. The van der Waals surface area contributed by atoms with Gasteiger partial charge in [0.2, 0.25) is 0 Å². The Bertz CT molecular complexity index is 459. The van der Waals surface area contributed by atoms with Crippen molar-refractivity contribution in [3.63, 3.8) is 0 Å². The summed E-state index contributed by atoms with van der Waals surface area (Å²) in [5, 5.41) is 0. The lowest BCUT2D eigenvalue weighted by Gasteiger charge is -2.34. The fourth-order valence-electron chi connectivity index (χ4n) is 2.71. The van der Waals surface area contributed by atoms with Crippen LogP contribution in [0.15, 0.2) is 40.0 Å². The predicted molar refractivity (Wildman–Crippen MR) is 91.9 cm³/mol. The highest BCUT2D eigenvalue weighted by molar-refractivity contribution is 14.1. The highest BCUT2D eigenvalue weighted by Gasteiger charge is 2.24. The van der Waals surface area contributed by atoms with Crippen LogP contribution in [0.1, 0.15) is 38.2 Å². The largest absolute Gasteiger partial charge is 0.300 e. The molecule has 0 bridgehead atoms. The number of hydrogen-bond donors (Lipinski definition) is 0. The first-order chi connectivity index (χ1) is 9.69. The summed E-state index contributed by atoms with van der Waals surface area (Å²) < 4.78 is 1.37. The lowest BCUT2D eigenvalue weighted by Crippen LogP contribution is -2.38. The monoisotopic (exact) mass is 383 g/mol. The molecule has 1 saturated carbocycles. The predicted octanol–water partition coefficient (Wildman–Crippen LogP) is 4.34. The van der Waals surface area contributed by atoms with Gasteiger partial charge >= 0.3 is 0 Å². The van der Waals surface area contributed by atoms with E-state index in [4.69, 9.17) is 0 Å². The first-order valence-electron chi connectivity index (χ1n) is 7.29. The van der Waals surface area contributed by atoms with Gasteiger partial charge in [0.25, 0.3) is 0 Å². The average Bonchev–Trinajstić information content (AvgIpc) is 2.48. The summed E-state index contributed by atoms with van der Waals surface area (Å²) in [6, 6.07) is 11.2. The van der Waals surface area contributed by atoms with E-state index in [1.165, 1.54) is 9.14 Å². The van der Waals surface area contributed by atoms with E-state index in [-0.39, 0.29) is 0 Å². The number of carbonyl (C=O) groups is 1. The fraction of sp³-hybridized carbons (Fsp3) is 0.471. The molecular formula is C17H22INO. The van der Waals surface area contributed by atoms with Crippen molar-refractivity contribution in [2.24, 2.45) is 0 Å². The van der Waals surface area contributed by atoms with Crippen molar-refractivity contribution >= 4 is 28.4 Å². The molecule has 0 aliphatic heterocycles. The second kappa shape index (κ2) is 7.93. The van der Waals surface area contributed by atoms with E-state index in [1.807, 2.05) is 0 Å². The van der Waals surface area contributed by atoms with Gasteiger partial charge in [-0.2, -0.15) is 0 Å². The third-order valence-corrected chi connectivity index (χ3v) is 4.89. The lowest BCUT2D eigenvalue weighted by atomic mass is 9.93. The third kappa shape index (κ3) is 4.70. The Morgan fingerprint density at radius 3 is 2.55 bits per heavy atom. The average molecular weight is 383 g/mol. The number of hydrogen-bond acceptors (Lipinski definition) is 2. The molecule has 1 aromatic carbocycles. The fourth-order valence-corrected chi connectivity index (χ4v) is 3.15. The number of Topliss-reactive ketones (excluding diaryl/α,β-unsaturated/α-hetero) is 1. The second-order valence-electron chi connectivity index (χ2n) is 5.40. The molecule has 1 fully saturated rings. The molecule has 1 aliphatic rings. The minimum Gasteiger partial charge on any atom is -0.300 e. The summed E-state index contributed by atoms with van der Waals surface area (Å²) in [5.74, 6) is 0.432. The topological polar surface area (TPSA) is 20.3 Å². The molecule has 0 aromatic heterocycles. The normalized spacial score (nSPS) is 17.8. The van der Waals surface area contributed by atoms with Crippen LogP contribution >= 0.6 is 22.6 Å².